The molecule has 2 unspecified atom stereocenters. The van der Waals surface area contributed by atoms with Gasteiger partial charge in [-0.3, -0.25) is 0 Å². The largest absolute Gasteiger partial charge is 0.464 e. The molecule has 0 bridgehead atoms. The average molecular weight is 264 g/mol. The molecule has 0 spiro atoms. The second kappa shape index (κ2) is 5.97. The molecule has 1 saturated heterocycles. The van der Waals surface area contributed by atoms with Crippen molar-refractivity contribution < 1.29 is 9.53 Å². The molecular weight excluding hydrogens is 244 g/mol. The number of esters is 1. The maximum atomic E-state index is 11.3. The number of nitrogens with zero attached hydrogens (tertiary/aromatic N) is 3. The molecule has 1 aromatic rings. The monoisotopic (exact) mass is 264 g/mol. The highest BCUT2D eigenvalue weighted by atomic mass is 16.5. The van der Waals surface area contributed by atoms with Gasteiger partial charge in [0.05, 0.1) is 19.5 Å². The Balaban J connectivity index is 2.04. The molecule has 6 nitrogen and oxygen atoms in total. The molecule has 2 atom stereocenters. The van der Waals surface area contributed by atoms with Gasteiger partial charge in [0.25, 0.3) is 0 Å². The summed E-state index contributed by atoms with van der Waals surface area (Å²) in [5, 5.41) is 2.20. The molecule has 6 heteroatoms. The van der Waals surface area contributed by atoms with E-state index in [2.05, 4.69) is 39.0 Å². The van der Waals surface area contributed by atoms with Crippen molar-refractivity contribution in [3.8, 4) is 0 Å². The number of piperidine rings is 1. The molecule has 1 N–H and O–H groups in total. The van der Waals surface area contributed by atoms with Crippen molar-refractivity contribution in [2.24, 2.45) is 0 Å². The minimum Gasteiger partial charge on any atom is -0.464 e. The molecule has 0 saturated carbocycles. The van der Waals surface area contributed by atoms with Crippen molar-refractivity contribution >= 4 is 11.8 Å². The van der Waals surface area contributed by atoms with Crippen molar-refractivity contribution in [3.63, 3.8) is 0 Å². The van der Waals surface area contributed by atoms with Crippen LogP contribution in [0.5, 0.6) is 0 Å². The predicted octanol–water partition coefficient (Wildman–Crippen LogP) is 1.85. The highest BCUT2D eigenvalue weighted by Crippen LogP contribution is 2.22. The Kier molecular flexibility index (Phi) is 4.31. The van der Waals surface area contributed by atoms with Crippen molar-refractivity contribution in [3.05, 3.63) is 18.1 Å². The zero-order valence-electron chi connectivity index (χ0n) is 11.6. The molecule has 1 aliphatic rings. The summed E-state index contributed by atoms with van der Waals surface area (Å²) in [6.45, 7) is 4.39. The van der Waals surface area contributed by atoms with Gasteiger partial charge in [0.15, 0.2) is 11.5 Å². The number of hydrazine groups is 1. The van der Waals surface area contributed by atoms with Gasteiger partial charge in [-0.05, 0) is 26.7 Å². The third kappa shape index (κ3) is 3.20. The van der Waals surface area contributed by atoms with Crippen LogP contribution >= 0.6 is 0 Å². The maximum Gasteiger partial charge on any atom is 0.358 e. The number of hydrogen-bond acceptors (Lipinski definition) is 6. The second-order valence-corrected chi connectivity index (χ2v) is 4.93. The number of methoxy groups -OCH3 is 1. The first kappa shape index (κ1) is 13.7. The highest BCUT2D eigenvalue weighted by Gasteiger charge is 2.25. The maximum absolute atomic E-state index is 11.3. The average Bonchev–Trinajstić information content (AvgIpc) is 2.43. The van der Waals surface area contributed by atoms with Crippen molar-refractivity contribution in [2.75, 3.05) is 12.5 Å². The summed E-state index contributed by atoms with van der Waals surface area (Å²) in [7, 11) is 1.33. The molecular formula is C13H20N4O2. The van der Waals surface area contributed by atoms with Gasteiger partial charge in [0.2, 0.25) is 0 Å². The summed E-state index contributed by atoms with van der Waals surface area (Å²) in [5.41, 5.74) is 3.49. The number of nitrogens with one attached hydrogen (secondary N) is 1. The number of carbonyl (C=O) groups excluding carboxylic acids is 1. The van der Waals surface area contributed by atoms with Crippen LogP contribution in [0.15, 0.2) is 12.4 Å². The van der Waals surface area contributed by atoms with Crippen LogP contribution in [0.4, 0.5) is 5.82 Å². The van der Waals surface area contributed by atoms with Crippen LogP contribution in [0.25, 0.3) is 0 Å². The lowest BCUT2D eigenvalue weighted by Gasteiger charge is -2.38. The Bertz CT molecular complexity index is 425. The van der Waals surface area contributed by atoms with E-state index in [1.54, 1.807) is 6.20 Å². The first-order valence-corrected chi connectivity index (χ1v) is 6.57. The van der Waals surface area contributed by atoms with Crippen LogP contribution in [0.2, 0.25) is 0 Å². The number of hydrogen-bond donors (Lipinski definition) is 1. The van der Waals surface area contributed by atoms with Crippen LogP contribution in [-0.2, 0) is 4.74 Å². The van der Waals surface area contributed by atoms with Gasteiger partial charge in [-0.15, -0.1) is 0 Å². The minimum absolute atomic E-state index is 0.216. The van der Waals surface area contributed by atoms with Gasteiger partial charge in [-0.25, -0.2) is 19.8 Å². The third-order valence-electron chi connectivity index (χ3n) is 3.48. The van der Waals surface area contributed by atoms with Gasteiger partial charge < -0.3 is 10.2 Å². The number of aromatic nitrogens is 2. The van der Waals surface area contributed by atoms with Crippen LogP contribution in [-0.4, -0.2) is 40.1 Å². The molecule has 104 valence electrons. The van der Waals surface area contributed by atoms with Crippen molar-refractivity contribution in [2.45, 2.75) is 45.2 Å². The third-order valence-corrected chi connectivity index (χ3v) is 3.48. The van der Waals surface area contributed by atoms with E-state index in [1.807, 2.05) is 0 Å². The quantitative estimate of drug-likeness (QED) is 0.840. The smallest absolute Gasteiger partial charge is 0.358 e. The number of rotatable bonds is 3. The fourth-order valence-electron chi connectivity index (χ4n) is 2.37. The molecule has 0 aliphatic carbocycles. The molecule has 2 rings (SSSR count). The normalized spacial score (nSPS) is 23.9. The Hall–Kier alpha value is -1.69. The van der Waals surface area contributed by atoms with Gasteiger partial charge in [0, 0.05) is 12.1 Å². The van der Waals surface area contributed by atoms with E-state index in [0.29, 0.717) is 17.9 Å². The van der Waals surface area contributed by atoms with E-state index in [-0.39, 0.29) is 5.69 Å². The summed E-state index contributed by atoms with van der Waals surface area (Å²) >= 11 is 0. The van der Waals surface area contributed by atoms with E-state index in [1.165, 1.54) is 32.6 Å². The fourth-order valence-corrected chi connectivity index (χ4v) is 2.37. The SMILES string of the molecule is COC(=O)c1cnc(NN2C(C)CCCC2C)cn1. The highest BCUT2D eigenvalue weighted by molar-refractivity contribution is 5.86. The number of carbonyl (C=O) groups is 1. The van der Waals surface area contributed by atoms with Gasteiger partial charge in [0.1, 0.15) is 0 Å². The molecule has 1 fully saturated rings. The summed E-state index contributed by atoms with van der Waals surface area (Å²) < 4.78 is 4.59. The molecule has 0 aromatic carbocycles. The first-order valence-electron chi connectivity index (χ1n) is 6.57. The topological polar surface area (TPSA) is 67.3 Å². The van der Waals surface area contributed by atoms with E-state index < -0.39 is 5.97 Å². The Morgan fingerprint density at radius 3 is 2.53 bits per heavy atom. The minimum atomic E-state index is -0.473. The van der Waals surface area contributed by atoms with Crippen molar-refractivity contribution in [1.29, 1.82) is 0 Å². The summed E-state index contributed by atoms with van der Waals surface area (Å²) in [4.78, 5) is 19.5. The molecule has 19 heavy (non-hydrogen) atoms. The van der Waals surface area contributed by atoms with Gasteiger partial charge in [-0.1, -0.05) is 6.42 Å². The molecule has 1 aromatic heterocycles. The molecule has 2 heterocycles. The van der Waals surface area contributed by atoms with E-state index >= 15 is 0 Å². The first-order chi connectivity index (χ1) is 9.11. The molecule has 0 radical (unpaired) electrons. The lowest BCUT2D eigenvalue weighted by atomic mass is 10.00. The van der Waals surface area contributed by atoms with Crippen molar-refractivity contribution in [1.82, 2.24) is 15.0 Å². The second-order valence-electron chi connectivity index (χ2n) is 4.93. The summed E-state index contributed by atoms with van der Waals surface area (Å²) in [6, 6.07) is 0.927. The van der Waals surface area contributed by atoms with Crippen LogP contribution in [0.1, 0.15) is 43.6 Å². The van der Waals surface area contributed by atoms with Crippen LogP contribution < -0.4 is 5.43 Å². The molecule has 1 aliphatic heterocycles. The Morgan fingerprint density at radius 2 is 2.00 bits per heavy atom. The summed E-state index contributed by atoms with van der Waals surface area (Å²) in [6.07, 6.45) is 6.58. The van der Waals surface area contributed by atoms with E-state index in [9.17, 15) is 4.79 Å². The van der Waals surface area contributed by atoms with E-state index in [4.69, 9.17) is 0 Å². The zero-order valence-corrected chi connectivity index (χ0v) is 11.6. The van der Waals surface area contributed by atoms with Crippen LogP contribution in [0.3, 0.4) is 0 Å². The van der Waals surface area contributed by atoms with Gasteiger partial charge >= 0.3 is 5.97 Å². The van der Waals surface area contributed by atoms with E-state index in [0.717, 1.165) is 0 Å². The molecule has 0 amide bonds. The number of anilines is 1. The number of ether oxygens (including phenoxy) is 1. The van der Waals surface area contributed by atoms with Gasteiger partial charge in [-0.2, -0.15) is 0 Å². The van der Waals surface area contributed by atoms with Crippen LogP contribution in [0, 0.1) is 0 Å². The Morgan fingerprint density at radius 1 is 1.32 bits per heavy atom. The summed E-state index contributed by atoms with van der Waals surface area (Å²) in [5.74, 6) is 0.173. The zero-order chi connectivity index (χ0) is 13.8. The fraction of sp³-hybridized carbons (Fsp3) is 0.615. The lowest BCUT2D eigenvalue weighted by molar-refractivity contribution is 0.0593. The lowest BCUT2D eigenvalue weighted by Crippen LogP contribution is -2.47. The standard InChI is InChI=1S/C13H20N4O2/c1-9-5-4-6-10(2)17(9)16-12-8-14-11(7-15-12)13(18)19-3/h7-10H,4-6H2,1-3H3,(H,15,16). The Labute approximate surface area is 113 Å². The predicted molar refractivity (Wildman–Crippen MR) is 71.6 cm³/mol.